The third kappa shape index (κ3) is 1.56. The lowest BCUT2D eigenvalue weighted by atomic mass is 9.90. The third-order valence-corrected chi connectivity index (χ3v) is 1.98. The first-order valence-electron chi connectivity index (χ1n) is 3.86. The molecule has 3 nitrogen and oxygen atoms in total. The quantitative estimate of drug-likeness (QED) is 0.486. The van der Waals surface area contributed by atoms with Crippen molar-refractivity contribution >= 4 is 5.91 Å². The Kier molecular flexibility index (Phi) is 2.33. The van der Waals surface area contributed by atoms with E-state index < -0.39 is 5.60 Å². The van der Waals surface area contributed by atoms with Gasteiger partial charge in [0.15, 0.2) is 0 Å². The maximum absolute atomic E-state index is 11.0. The van der Waals surface area contributed by atoms with E-state index in [1.54, 1.807) is 11.0 Å². The summed E-state index contributed by atoms with van der Waals surface area (Å²) < 4.78 is 0. The van der Waals surface area contributed by atoms with E-state index >= 15 is 0 Å². The normalized spacial score (nSPS) is 19.6. The first-order valence-corrected chi connectivity index (χ1v) is 3.86. The summed E-state index contributed by atoms with van der Waals surface area (Å²) in [4.78, 5) is 12.5. The minimum Gasteiger partial charge on any atom is -0.386 e. The van der Waals surface area contributed by atoms with Crippen LogP contribution in [-0.2, 0) is 4.79 Å². The highest BCUT2D eigenvalue weighted by Gasteiger charge is 2.41. The van der Waals surface area contributed by atoms with Gasteiger partial charge in [-0.3, -0.25) is 4.79 Å². The Labute approximate surface area is 72.0 Å². The van der Waals surface area contributed by atoms with Crippen LogP contribution in [0.5, 0.6) is 0 Å². The van der Waals surface area contributed by atoms with Gasteiger partial charge in [0.05, 0.1) is 13.1 Å². The lowest BCUT2D eigenvalue weighted by molar-refractivity contribution is -0.149. The van der Waals surface area contributed by atoms with Gasteiger partial charge in [-0.05, 0) is 12.5 Å². The second-order valence-corrected chi connectivity index (χ2v) is 3.12. The summed E-state index contributed by atoms with van der Waals surface area (Å²) in [7, 11) is 0. The van der Waals surface area contributed by atoms with Crippen LogP contribution in [0.4, 0.5) is 0 Å². The maximum atomic E-state index is 11.0. The van der Waals surface area contributed by atoms with Gasteiger partial charge in [0.2, 0.25) is 5.91 Å². The SMILES string of the molecule is C=CCC1(O)CN(C(=O)C=C)C1. The van der Waals surface area contributed by atoms with E-state index in [-0.39, 0.29) is 5.91 Å². The van der Waals surface area contributed by atoms with Gasteiger partial charge >= 0.3 is 0 Å². The fourth-order valence-corrected chi connectivity index (χ4v) is 1.35. The number of hydrogen-bond acceptors (Lipinski definition) is 2. The van der Waals surface area contributed by atoms with Crippen LogP contribution in [0.25, 0.3) is 0 Å². The number of aliphatic hydroxyl groups is 1. The summed E-state index contributed by atoms with van der Waals surface area (Å²) in [5, 5.41) is 9.63. The highest BCUT2D eigenvalue weighted by atomic mass is 16.3. The van der Waals surface area contributed by atoms with E-state index in [0.717, 1.165) is 0 Å². The van der Waals surface area contributed by atoms with Crippen molar-refractivity contribution in [2.45, 2.75) is 12.0 Å². The zero-order valence-electron chi connectivity index (χ0n) is 6.99. The van der Waals surface area contributed by atoms with Crippen molar-refractivity contribution in [3.05, 3.63) is 25.3 Å². The molecule has 1 amide bonds. The Morgan fingerprint density at radius 3 is 2.58 bits per heavy atom. The minimum absolute atomic E-state index is 0.122. The van der Waals surface area contributed by atoms with E-state index in [2.05, 4.69) is 13.2 Å². The summed E-state index contributed by atoms with van der Waals surface area (Å²) in [5.74, 6) is -0.122. The fourth-order valence-electron chi connectivity index (χ4n) is 1.35. The van der Waals surface area contributed by atoms with Gasteiger partial charge in [-0.15, -0.1) is 6.58 Å². The predicted octanol–water partition coefficient (Wildman–Crippen LogP) is 0.322. The molecule has 1 aliphatic heterocycles. The average Bonchev–Trinajstić information content (AvgIpc) is 1.99. The molecule has 1 aliphatic rings. The van der Waals surface area contributed by atoms with Crippen LogP contribution in [0.3, 0.4) is 0 Å². The van der Waals surface area contributed by atoms with Gasteiger partial charge in [-0.25, -0.2) is 0 Å². The lowest BCUT2D eigenvalue weighted by Gasteiger charge is -2.45. The summed E-state index contributed by atoms with van der Waals surface area (Å²) in [6.07, 6.45) is 3.46. The molecule has 0 saturated carbocycles. The molecule has 0 spiro atoms. The minimum atomic E-state index is -0.736. The molecule has 0 aromatic rings. The van der Waals surface area contributed by atoms with Crippen LogP contribution in [-0.4, -0.2) is 34.6 Å². The smallest absolute Gasteiger partial charge is 0.246 e. The number of carbonyl (C=O) groups is 1. The summed E-state index contributed by atoms with van der Waals surface area (Å²) in [6, 6.07) is 0. The molecule has 0 atom stereocenters. The van der Waals surface area contributed by atoms with Crippen molar-refractivity contribution in [3.8, 4) is 0 Å². The molecule has 0 aliphatic carbocycles. The molecular formula is C9H13NO2. The van der Waals surface area contributed by atoms with Crippen molar-refractivity contribution in [2.24, 2.45) is 0 Å². The van der Waals surface area contributed by atoms with Gasteiger partial charge in [-0.2, -0.15) is 0 Å². The number of amides is 1. The number of β-amino-alcohol motifs (C(OH)–C–C–N with tert-alkyl or cyclic N) is 1. The van der Waals surface area contributed by atoms with Crippen LogP contribution in [0.1, 0.15) is 6.42 Å². The molecule has 1 heterocycles. The van der Waals surface area contributed by atoms with Crippen molar-refractivity contribution in [1.82, 2.24) is 4.90 Å². The standard InChI is InChI=1S/C9H13NO2/c1-3-5-9(12)6-10(7-9)8(11)4-2/h3-4,12H,1-2,5-7H2. The molecule has 0 aromatic heterocycles. The van der Waals surface area contributed by atoms with Crippen molar-refractivity contribution in [1.29, 1.82) is 0 Å². The highest BCUT2D eigenvalue weighted by molar-refractivity contribution is 5.87. The molecule has 1 N–H and O–H groups in total. The molecule has 1 saturated heterocycles. The molecular weight excluding hydrogens is 154 g/mol. The maximum Gasteiger partial charge on any atom is 0.246 e. The fraction of sp³-hybridized carbons (Fsp3) is 0.444. The van der Waals surface area contributed by atoms with Crippen LogP contribution in [0, 0.1) is 0 Å². The first-order chi connectivity index (χ1) is 5.61. The van der Waals surface area contributed by atoms with Crippen LogP contribution in [0.2, 0.25) is 0 Å². The Bertz CT molecular complexity index is 217. The van der Waals surface area contributed by atoms with E-state index in [1.165, 1.54) is 6.08 Å². The summed E-state index contributed by atoms with van der Waals surface area (Å²) >= 11 is 0. The molecule has 1 fully saturated rings. The molecule has 0 unspecified atom stereocenters. The number of likely N-dealkylation sites (tertiary alicyclic amines) is 1. The summed E-state index contributed by atoms with van der Waals surface area (Å²) in [6.45, 7) is 7.68. The van der Waals surface area contributed by atoms with Gasteiger partial charge in [0, 0.05) is 0 Å². The first kappa shape index (κ1) is 9.00. The number of carbonyl (C=O) groups excluding carboxylic acids is 1. The largest absolute Gasteiger partial charge is 0.386 e. The Morgan fingerprint density at radius 2 is 2.17 bits per heavy atom. The van der Waals surface area contributed by atoms with Gasteiger partial charge < -0.3 is 10.0 Å². The van der Waals surface area contributed by atoms with Crippen LogP contribution < -0.4 is 0 Å². The Hall–Kier alpha value is -1.09. The molecule has 0 aromatic carbocycles. The second kappa shape index (κ2) is 3.11. The van der Waals surface area contributed by atoms with Crippen molar-refractivity contribution in [3.63, 3.8) is 0 Å². The van der Waals surface area contributed by atoms with E-state index in [9.17, 15) is 9.90 Å². The van der Waals surface area contributed by atoms with E-state index in [4.69, 9.17) is 0 Å². The number of rotatable bonds is 3. The molecule has 1 rings (SSSR count). The van der Waals surface area contributed by atoms with Crippen LogP contribution in [0.15, 0.2) is 25.3 Å². The van der Waals surface area contributed by atoms with Gasteiger partial charge in [0.25, 0.3) is 0 Å². The lowest BCUT2D eigenvalue weighted by Crippen LogP contribution is -2.62. The second-order valence-electron chi connectivity index (χ2n) is 3.12. The Morgan fingerprint density at radius 1 is 1.58 bits per heavy atom. The number of nitrogens with zero attached hydrogens (tertiary/aromatic N) is 1. The number of hydrogen-bond donors (Lipinski definition) is 1. The monoisotopic (exact) mass is 167 g/mol. The van der Waals surface area contributed by atoms with Gasteiger partial charge in [-0.1, -0.05) is 12.7 Å². The average molecular weight is 167 g/mol. The molecule has 0 radical (unpaired) electrons. The van der Waals surface area contributed by atoms with E-state index in [1.807, 2.05) is 0 Å². The highest BCUT2D eigenvalue weighted by Crippen LogP contribution is 2.24. The zero-order valence-corrected chi connectivity index (χ0v) is 6.99. The topological polar surface area (TPSA) is 40.5 Å². The molecule has 0 bridgehead atoms. The molecule has 66 valence electrons. The molecule has 12 heavy (non-hydrogen) atoms. The van der Waals surface area contributed by atoms with E-state index in [0.29, 0.717) is 19.5 Å². The molecule has 3 heteroatoms. The van der Waals surface area contributed by atoms with Gasteiger partial charge in [0.1, 0.15) is 5.60 Å². The van der Waals surface area contributed by atoms with Crippen LogP contribution >= 0.6 is 0 Å². The predicted molar refractivity (Wildman–Crippen MR) is 46.5 cm³/mol. The Balaban J connectivity index is 2.40. The summed E-state index contributed by atoms with van der Waals surface area (Å²) in [5.41, 5.74) is -0.736. The van der Waals surface area contributed by atoms with Crippen molar-refractivity contribution < 1.29 is 9.90 Å². The zero-order chi connectivity index (χ0) is 9.19. The van der Waals surface area contributed by atoms with Crippen molar-refractivity contribution in [2.75, 3.05) is 13.1 Å². The third-order valence-electron chi connectivity index (χ3n) is 1.98.